The Kier molecular flexibility index (Phi) is 9.45. The summed E-state index contributed by atoms with van der Waals surface area (Å²) in [7, 11) is 0. The molecular weight excluding hydrogens is 366 g/mol. The maximum atomic E-state index is 12.4. The Balaban J connectivity index is 1.69. The minimum absolute atomic E-state index is 0.0377. The molecule has 0 saturated carbocycles. The summed E-state index contributed by atoms with van der Waals surface area (Å²) in [4.78, 5) is 29.0. The SMILES string of the molecule is CCN(C(=O)NC(C)C)C1CCN(CC[C@H](C)C(=O)OCc2ccccc2)CC1. The number of benzene rings is 1. The summed E-state index contributed by atoms with van der Waals surface area (Å²) in [6.45, 7) is 11.8. The van der Waals surface area contributed by atoms with Crippen LogP contribution in [0.25, 0.3) is 0 Å². The molecular formula is C23H37N3O3. The van der Waals surface area contributed by atoms with Gasteiger partial charge in [0.25, 0.3) is 0 Å². The predicted molar refractivity (Wildman–Crippen MR) is 116 cm³/mol. The summed E-state index contributed by atoms with van der Waals surface area (Å²) >= 11 is 0. The van der Waals surface area contributed by atoms with Crippen molar-refractivity contribution in [3.63, 3.8) is 0 Å². The van der Waals surface area contributed by atoms with Gasteiger partial charge in [-0.05, 0) is 52.1 Å². The van der Waals surface area contributed by atoms with E-state index in [2.05, 4.69) is 10.2 Å². The zero-order valence-electron chi connectivity index (χ0n) is 18.4. The van der Waals surface area contributed by atoms with E-state index in [9.17, 15) is 9.59 Å². The Bertz CT molecular complexity index is 628. The Morgan fingerprint density at radius 1 is 1.17 bits per heavy atom. The fourth-order valence-corrected chi connectivity index (χ4v) is 3.72. The van der Waals surface area contributed by atoms with Crippen molar-refractivity contribution in [3.8, 4) is 0 Å². The van der Waals surface area contributed by atoms with Gasteiger partial charge in [-0.3, -0.25) is 4.79 Å². The fraction of sp³-hybridized carbons (Fsp3) is 0.652. The van der Waals surface area contributed by atoms with Crippen LogP contribution in [0.5, 0.6) is 0 Å². The number of carbonyl (C=O) groups excluding carboxylic acids is 2. The number of amides is 2. The highest BCUT2D eigenvalue weighted by atomic mass is 16.5. The third-order valence-corrected chi connectivity index (χ3v) is 5.52. The zero-order chi connectivity index (χ0) is 21.2. The van der Waals surface area contributed by atoms with Crippen molar-refractivity contribution < 1.29 is 14.3 Å². The molecule has 6 heteroatoms. The van der Waals surface area contributed by atoms with Crippen molar-refractivity contribution in [1.82, 2.24) is 15.1 Å². The summed E-state index contributed by atoms with van der Waals surface area (Å²) in [5.74, 6) is -0.244. The Morgan fingerprint density at radius 2 is 1.83 bits per heavy atom. The molecule has 29 heavy (non-hydrogen) atoms. The summed E-state index contributed by atoms with van der Waals surface area (Å²) in [5.41, 5.74) is 1.01. The van der Waals surface area contributed by atoms with Crippen LogP contribution >= 0.6 is 0 Å². The molecule has 1 aliphatic heterocycles. The number of ether oxygens (including phenoxy) is 1. The number of piperidine rings is 1. The molecule has 2 amide bonds. The van der Waals surface area contributed by atoms with Crippen LogP contribution in [0.1, 0.15) is 52.5 Å². The van der Waals surface area contributed by atoms with E-state index in [4.69, 9.17) is 4.74 Å². The predicted octanol–water partition coefficient (Wildman–Crippen LogP) is 3.66. The molecule has 6 nitrogen and oxygen atoms in total. The van der Waals surface area contributed by atoms with E-state index < -0.39 is 0 Å². The average Bonchev–Trinajstić information content (AvgIpc) is 2.72. The first kappa shape index (κ1) is 23.2. The molecule has 0 spiro atoms. The van der Waals surface area contributed by atoms with Crippen LogP contribution in [0, 0.1) is 5.92 Å². The lowest BCUT2D eigenvalue weighted by molar-refractivity contribution is -0.149. The number of nitrogens with zero attached hydrogens (tertiary/aromatic N) is 2. The molecule has 1 N–H and O–H groups in total. The summed E-state index contributed by atoms with van der Waals surface area (Å²) < 4.78 is 5.44. The first-order valence-electron chi connectivity index (χ1n) is 10.9. The zero-order valence-corrected chi connectivity index (χ0v) is 18.4. The Labute approximate surface area is 175 Å². The fourth-order valence-electron chi connectivity index (χ4n) is 3.72. The van der Waals surface area contributed by atoms with E-state index in [1.54, 1.807) is 0 Å². The van der Waals surface area contributed by atoms with Gasteiger partial charge in [-0.2, -0.15) is 0 Å². The van der Waals surface area contributed by atoms with Gasteiger partial charge in [0.1, 0.15) is 6.61 Å². The molecule has 2 rings (SSSR count). The van der Waals surface area contributed by atoms with Crippen molar-refractivity contribution >= 4 is 12.0 Å². The molecule has 0 aromatic heterocycles. The van der Waals surface area contributed by atoms with Crippen molar-refractivity contribution in [1.29, 1.82) is 0 Å². The minimum Gasteiger partial charge on any atom is -0.461 e. The Morgan fingerprint density at radius 3 is 2.41 bits per heavy atom. The third-order valence-electron chi connectivity index (χ3n) is 5.52. The van der Waals surface area contributed by atoms with Crippen LogP contribution in [0.2, 0.25) is 0 Å². The lowest BCUT2D eigenvalue weighted by Gasteiger charge is -2.38. The van der Waals surface area contributed by atoms with Crippen LogP contribution < -0.4 is 5.32 Å². The number of esters is 1. The highest BCUT2D eigenvalue weighted by molar-refractivity contribution is 5.74. The second-order valence-corrected chi connectivity index (χ2v) is 8.25. The van der Waals surface area contributed by atoms with Crippen molar-refractivity contribution in [2.24, 2.45) is 5.92 Å². The molecule has 1 aromatic rings. The lowest BCUT2D eigenvalue weighted by Crippen LogP contribution is -2.51. The molecule has 162 valence electrons. The molecule has 0 radical (unpaired) electrons. The average molecular weight is 404 g/mol. The number of carbonyl (C=O) groups is 2. The standard InChI is InChI=1S/C23H37N3O3/c1-5-26(23(28)24-18(2)3)21-12-15-25(16-13-21)14-11-19(4)22(27)29-17-20-9-7-6-8-10-20/h6-10,18-19,21H,5,11-17H2,1-4H3,(H,24,28)/t19-/m0/s1. The normalized spacial score (nSPS) is 16.4. The molecule has 1 heterocycles. The van der Waals surface area contributed by atoms with Crippen LogP contribution in [-0.2, 0) is 16.1 Å². The van der Waals surface area contributed by atoms with Crippen molar-refractivity contribution in [2.75, 3.05) is 26.2 Å². The first-order valence-corrected chi connectivity index (χ1v) is 10.9. The molecule has 1 fully saturated rings. The van der Waals surface area contributed by atoms with Crippen LogP contribution in [0.3, 0.4) is 0 Å². The highest BCUT2D eigenvalue weighted by Crippen LogP contribution is 2.18. The number of hydrogen-bond donors (Lipinski definition) is 1. The Hall–Kier alpha value is -2.08. The summed E-state index contributed by atoms with van der Waals surface area (Å²) in [6, 6.07) is 10.3. The molecule has 0 unspecified atom stereocenters. The number of urea groups is 1. The van der Waals surface area contributed by atoms with Crippen LogP contribution in [0.4, 0.5) is 4.79 Å². The number of rotatable bonds is 9. The molecule has 1 aliphatic rings. The van der Waals surface area contributed by atoms with Gasteiger partial charge < -0.3 is 19.9 Å². The molecule has 1 saturated heterocycles. The van der Waals surface area contributed by atoms with Gasteiger partial charge in [0, 0.05) is 31.7 Å². The lowest BCUT2D eigenvalue weighted by atomic mass is 10.0. The first-order chi connectivity index (χ1) is 13.9. The summed E-state index contributed by atoms with van der Waals surface area (Å²) in [6.07, 6.45) is 2.75. The second-order valence-electron chi connectivity index (χ2n) is 8.25. The maximum Gasteiger partial charge on any atom is 0.317 e. The number of likely N-dealkylation sites (tertiary alicyclic amines) is 1. The molecule has 1 aromatic carbocycles. The smallest absolute Gasteiger partial charge is 0.317 e. The van der Waals surface area contributed by atoms with Gasteiger partial charge in [-0.15, -0.1) is 0 Å². The van der Waals surface area contributed by atoms with Crippen molar-refractivity contribution in [2.45, 2.75) is 65.6 Å². The third kappa shape index (κ3) is 7.69. The maximum absolute atomic E-state index is 12.4. The topological polar surface area (TPSA) is 61.9 Å². The number of nitrogens with one attached hydrogen (secondary N) is 1. The van der Waals surface area contributed by atoms with Gasteiger partial charge in [0.05, 0.1) is 5.92 Å². The van der Waals surface area contributed by atoms with Gasteiger partial charge >= 0.3 is 12.0 Å². The van der Waals surface area contributed by atoms with Crippen LogP contribution in [-0.4, -0.2) is 60.1 Å². The monoisotopic (exact) mass is 403 g/mol. The van der Waals surface area contributed by atoms with E-state index in [0.29, 0.717) is 12.6 Å². The number of hydrogen-bond acceptors (Lipinski definition) is 4. The second kappa shape index (κ2) is 11.8. The molecule has 1 atom stereocenters. The van der Waals surface area contributed by atoms with E-state index in [-0.39, 0.29) is 24.0 Å². The summed E-state index contributed by atoms with van der Waals surface area (Å²) in [5, 5.41) is 3.00. The van der Waals surface area contributed by atoms with Gasteiger partial charge in [-0.1, -0.05) is 37.3 Å². The minimum atomic E-state index is -0.133. The molecule has 0 bridgehead atoms. The van der Waals surface area contributed by atoms with Crippen LogP contribution in [0.15, 0.2) is 30.3 Å². The van der Waals surface area contributed by atoms with E-state index >= 15 is 0 Å². The largest absolute Gasteiger partial charge is 0.461 e. The van der Waals surface area contributed by atoms with E-state index in [0.717, 1.165) is 51.0 Å². The molecule has 0 aliphatic carbocycles. The van der Waals surface area contributed by atoms with Gasteiger partial charge in [-0.25, -0.2) is 4.79 Å². The highest BCUT2D eigenvalue weighted by Gasteiger charge is 2.27. The van der Waals surface area contributed by atoms with Gasteiger partial charge in [0.15, 0.2) is 0 Å². The van der Waals surface area contributed by atoms with Gasteiger partial charge in [0.2, 0.25) is 0 Å². The van der Waals surface area contributed by atoms with Crippen molar-refractivity contribution in [3.05, 3.63) is 35.9 Å². The quantitative estimate of drug-likeness (QED) is 0.639. The van der Waals surface area contributed by atoms with E-state index in [1.807, 2.05) is 62.9 Å². The van der Waals surface area contributed by atoms with E-state index in [1.165, 1.54) is 0 Å².